The zero-order valence-electron chi connectivity index (χ0n) is 19.8. The van der Waals surface area contributed by atoms with Crippen LogP contribution in [0.4, 0.5) is 0 Å². The normalized spacial score (nSPS) is 14.5. The van der Waals surface area contributed by atoms with Crippen molar-refractivity contribution in [2.45, 2.75) is 44.6 Å². The largest absolute Gasteiger partial charge is 0.486 e. The predicted octanol–water partition coefficient (Wildman–Crippen LogP) is 8.63. The summed E-state index contributed by atoms with van der Waals surface area (Å²) in [6.45, 7) is 0.269. The first-order valence-electron chi connectivity index (χ1n) is 12.0. The fourth-order valence-corrected chi connectivity index (χ4v) is 5.89. The van der Waals surface area contributed by atoms with E-state index in [9.17, 15) is 4.79 Å². The molecule has 37 heavy (non-hydrogen) atoms. The number of rotatable bonds is 6. The molecule has 0 saturated heterocycles. The third-order valence-corrected chi connectivity index (χ3v) is 8.07. The van der Waals surface area contributed by atoms with Gasteiger partial charge < -0.3 is 4.74 Å². The number of para-hydroxylation sites is 1. The molecule has 190 valence electrons. The number of halogens is 4. The van der Waals surface area contributed by atoms with Crippen LogP contribution in [0, 0.1) is 0 Å². The Balaban J connectivity index is 1.44. The number of hydrogen-bond acceptors (Lipinski definition) is 4. The maximum atomic E-state index is 13.4. The number of aromatic nitrogens is 2. The SMILES string of the molecule is O=c1c2ccccc2nc(C2CCCCC2)n1N=Cc1cc(Cl)c(OCc2ccc(Cl)c(Cl)c2)c(Br)c1. The summed E-state index contributed by atoms with van der Waals surface area (Å²) >= 11 is 22.2. The van der Waals surface area contributed by atoms with Gasteiger partial charge in [-0.2, -0.15) is 9.78 Å². The fourth-order valence-electron chi connectivity index (χ4n) is 4.58. The number of hydrogen-bond donors (Lipinski definition) is 0. The van der Waals surface area contributed by atoms with E-state index in [2.05, 4.69) is 21.0 Å². The Labute approximate surface area is 238 Å². The van der Waals surface area contributed by atoms with Gasteiger partial charge in [-0.05, 0) is 76.3 Å². The van der Waals surface area contributed by atoms with E-state index in [1.54, 1.807) is 30.5 Å². The fraction of sp³-hybridized carbons (Fsp3) is 0.250. The molecular weight excluding hydrogens is 597 g/mol. The van der Waals surface area contributed by atoms with Crippen LogP contribution in [0.1, 0.15) is 55.0 Å². The molecule has 0 unspecified atom stereocenters. The molecule has 4 aromatic rings. The van der Waals surface area contributed by atoms with Crippen molar-refractivity contribution in [2.75, 3.05) is 0 Å². The summed E-state index contributed by atoms with van der Waals surface area (Å²) in [6.07, 6.45) is 7.10. The van der Waals surface area contributed by atoms with Gasteiger partial charge in [-0.25, -0.2) is 4.98 Å². The minimum Gasteiger partial charge on any atom is -0.486 e. The average molecular weight is 620 g/mol. The molecule has 0 radical (unpaired) electrons. The maximum absolute atomic E-state index is 13.4. The first kappa shape index (κ1) is 26.2. The average Bonchev–Trinajstić information content (AvgIpc) is 2.90. The molecule has 3 aromatic carbocycles. The van der Waals surface area contributed by atoms with Crippen LogP contribution in [0.15, 0.2) is 69.0 Å². The van der Waals surface area contributed by atoms with Gasteiger partial charge >= 0.3 is 0 Å². The first-order valence-corrected chi connectivity index (χ1v) is 13.9. The van der Waals surface area contributed by atoms with Crippen LogP contribution in [0.25, 0.3) is 10.9 Å². The summed E-state index contributed by atoms with van der Waals surface area (Å²) in [4.78, 5) is 18.3. The number of nitrogens with zero attached hydrogens (tertiary/aromatic N) is 3. The van der Waals surface area contributed by atoms with E-state index in [1.807, 2.05) is 30.3 Å². The molecule has 9 heteroatoms. The molecule has 5 rings (SSSR count). The topological polar surface area (TPSA) is 56.5 Å². The summed E-state index contributed by atoms with van der Waals surface area (Å²) in [6, 6.07) is 16.3. The summed E-state index contributed by atoms with van der Waals surface area (Å²) in [5.74, 6) is 1.42. The first-order chi connectivity index (χ1) is 17.9. The smallest absolute Gasteiger partial charge is 0.282 e. The van der Waals surface area contributed by atoms with E-state index >= 15 is 0 Å². The molecule has 1 heterocycles. The summed E-state index contributed by atoms with van der Waals surface area (Å²) in [5.41, 5.74) is 2.11. The van der Waals surface area contributed by atoms with E-state index in [0.717, 1.165) is 31.2 Å². The van der Waals surface area contributed by atoms with Gasteiger partial charge in [0.1, 0.15) is 12.4 Å². The lowest BCUT2D eigenvalue weighted by Gasteiger charge is -2.22. The van der Waals surface area contributed by atoms with Crippen LogP contribution >= 0.6 is 50.7 Å². The lowest BCUT2D eigenvalue weighted by Crippen LogP contribution is -2.25. The maximum Gasteiger partial charge on any atom is 0.282 e. The third kappa shape index (κ3) is 5.88. The Bertz CT molecular complexity index is 1520. The molecule has 5 nitrogen and oxygen atoms in total. The predicted molar refractivity (Wildman–Crippen MR) is 155 cm³/mol. The van der Waals surface area contributed by atoms with Crippen molar-refractivity contribution < 1.29 is 4.74 Å². The third-order valence-electron chi connectivity index (χ3n) is 6.46. The van der Waals surface area contributed by atoms with Crippen LogP contribution in [0.2, 0.25) is 15.1 Å². The summed E-state index contributed by atoms with van der Waals surface area (Å²) in [7, 11) is 0. The second-order valence-electron chi connectivity index (χ2n) is 9.03. The molecular formula is C28H23BrCl3N3O2. The molecule has 0 N–H and O–H groups in total. The molecule has 1 fully saturated rings. The highest BCUT2D eigenvalue weighted by Gasteiger charge is 2.22. The minimum absolute atomic E-state index is 0.172. The lowest BCUT2D eigenvalue weighted by atomic mass is 9.88. The van der Waals surface area contributed by atoms with Crippen molar-refractivity contribution in [3.8, 4) is 5.75 Å². The monoisotopic (exact) mass is 617 g/mol. The lowest BCUT2D eigenvalue weighted by molar-refractivity contribution is 0.304. The minimum atomic E-state index is -0.172. The Kier molecular flexibility index (Phi) is 8.20. The van der Waals surface area contributed by atoms with Gasteiger partial charge in [0.2, 0.25) is 0 Å². The standard InChI is InChI=1S/C28H23BrCl3N3O2/c29-21-12-18(14-24(32)26(21)37-16-17-10-11-22(30)23(31)13-17)15-33-35-27(19-6-2-1-3-7-19)34-25-9-5-4-8-20(25)28(35)36/h4-5,8-15,19H,1-3,6-7,16H2. The van der Waals surface area contributed by atoms with Crippen LogP contribution in [-0.2, 0) is 6.61 Å². The molecule has 0 spiro atoms. The number of fused-ring (bicyclic) bond motifs is 1. The van der Waals surface area contributed by atoms with Crippen molar-refractivity contribution in [1.82, 2.24) is 9.66 Å². The second kappa shape index (κ2) is 11.6. The van der Waals surface area contributed by atoms with Gasteiger partial charge in [-0.15, -0.1) is 0 Å². The van der Waals surface area contributed by atoms with Gasteiger partial charge in [0.05, 0.1) is 36.7 Å². The molecule has 0 atom stereocenters. The van der Waals surface area contributed by atoms with Crippen molar-refractivity contribution in [2.24, 2.45) is 5.10 Å². The highest BCUT2D eigenvalue weighted by atomic mass is 79.9. The van der Waals surface area contributed by atoms with Gasteiger partial charge in [-0.3, -0.25) is 4.79 Å². The highest BCUT2D eigenvalue weighted by Crippen LogP contribution is 2.35. The van der Waals surface area contributed by atoms with Gasteiger partial charge in [0.25, 0.3) is 5.56 Å². The van der Waals surface area contributed by atoms with E-state index in [4.69, 9.17) is 44.5 Å². The zero-order valence-corrected chi connectivity index (χ0v) is 23.6. The van der Waals surface area contributed by atoms with Crippen LogP contribution in [0.3, 0.4) is 0 Å². The summed E-state index contributed by atoms with van der Waals surface area (Å²) < 4.78 is 8.06. The molecule has 0 bridgehead atoms. The van der Waals surface area contributed by atoms with Crippen molar-refractivity contribution in [1.29, 1.82) is 0 Å². The van der Waals surface area contributed by atoms with Crippen molar-refractivity contribution in [3.05, 3.63) is 101 Å². The van der Waals surface area contributed by atoms with Crippen molar-refractivity contribution >= 4 is 67.9 Å². The highest BCUT2D eigenvalue weighted by molar-refractivity contribution is 9.10. The molecule has 1 saturated carbocycles. The molecule has 1 aliphatic rings. The Morgan fingerprint density at radius 3 is 2.54 bits per heavy atom. The van der Waals surface area contributed by atoms with E-state index in [-0.39, 0.29) is 18.1 Å². The van der Waals surface area contributed by atoms with E-state index in [1.165, 1.54) is 11.1 Å². The van der Waals surface area contributed by atoms with E-state index in [0.29, 0.717) is 47.6 Å². The number of ether oxygens (including phenoxy) is 1. The van der Waals surface area contributed by atoms with Crippen LogP contribution < -0.4 is 10.3 Å². The van der Waals surface area contributed by atoms with Crippen LogP contribution in [-0.4, -0.2) is 15.9 Å². The Morgan fingerprint density at radius 1 is 1.00 bits per heavy atom. The molecule has 0 aliphatic heterocycles. The zero-order chi connectivity index (χ0) is 25.9. The van der Waals surface area contributed by atoms with Crippen molar-refractivity contribution in [3.63, 3.8) is 0 Å². The molecule has 1 aromatic heterocycles. The van der Waals surface area contributed by atoms with Gasteiger partial charge in [0.15, 0.2) is 5.75 Å². The van der Waals surface area contributed by atoms with E-state index < -0.39 is 0 Å². The van der Waals surface area contributed by atoms with Crippen LogP contribution in [0.5, 0.6) is 5.75 Å². The second-order valence-corrected chi connectivity index (χ2v) is 11.1. The van der Waals surface area contributed by atoms with Gasteiger partial charge in [-0.1, -0.05) is 72.3 Å². The Morgan fingerprint density at radius 2 is 1.78 bits per heavy atom. The van der Waals surface area contributed by atoms with Gasteiger partial charge in [0, 0.05) is 5.92 Å². The molecule has 0 amide bonds. The Hall–Kier alpha value is -2.38. The quantitative estimate of drug-likeness (QED) is 0.203. The number of benzene rings is 3. The molecule has 1 aliphatic carbocycles. The summed E-state index contributed by atoms with van der Waals surface area (Å²) in [5, 5.41) is 6.50.